The molecule has 1 aromatic carbocycles. The van der Waals surface area contributed by atoms with Crippen LogP contribution in [-0.4, -0.2) is 85.9 Å². The van der Waals surface area contributed by atoms with Crippen molar-refractivity contribution >= 4 is 11.9 Å². The Hall–Kier alpha value is -2.32. The summed E-state index contributed by atoms with van der Waals surface area (Å²) in [5.41, 5.74) is 0.541. The van der Waals surface area contributed by atoms with Crippen LogP contribution in [0.1, 0.15) is 24.2 Å². The van der Waals surface area contributed by atoms with Crippen molar-refractivity contribution in [2.24, 2.45) is 0 Å². The number of aliphatic hydroxyl groups is 1. The molecule has 8 nitrogen and oxygen atoms in total. The predicted octanol–water partition coefficient (Wildman–Crippen LogP) is 1.41. The molecule has 0 radical (unpaired) electrons. The molecule has 1 fully saturated rings. The van der Waals surface area contributed by atoms with Crippen LogP contribution in [0.4, 0.5) is 4.79 Å². The van der Waals surface area contributed by atoms with Crippen molar-refractivity contribution in [3.63, 3.8) is 0 Å². The van der Waals surface area contributed by atoms with Gasteiger partial charge in [-0.05, 0) is 32.0 Å². The fourth-order valence-electron chi connectivity index (χ4n) is 2.87. The van der Waals surface area contributed by atoms with E-state index in [4.69, 9.17) is 14.2 Å². The lowest BCUT2D eigenvalue weighted by atomic mass is 10.1. The molecule has 1 amide bonds. The summed E-state index contributed by atoms with van der Waals surface area (Å²) in [6, 6.07) is 4.96. The van der Waals surface area contributed by atoms with Gasteiger partial charge in [-0.25, -0.2) is 4.79 Å². The number of hydrogen-bond donors (Lipinski definition) is 1. The maximum Gasteiger partial charge on any atom is 0.409 e. The minimum Gasteiger partial charge on any atom is -0.493 e. The van der Waals surface area contributed by atoms with Gasteiger partial charge in [0.05, 0.1) is 13.7 Å². The Balaban J connectivity index is 1.79. The number of Topliss-reactive ketones (excluding diaryl/α,β-unsaturated/α-hetero) is 1. The van der Waals surface area contributed by atoms with Gasteiger partial charge in [0.15, 0.2) is 17.3 Å². The number of carbonyl (C=O) groups is 2. The van der Waals surface area contributed by atoms with Crippen molar-refractivity contribution in [1.82, 2.24) is 9.80 Å². The average Bonchev–Trinajstić information content (AvgIpc) is 2.66. The number of piperazine rings is 1. The quantitative estimate of drug-likeness (QED) is 0.682. The highest BCUT2D eigenvalue weighted by atomic mass is 16.6. The number of ketones is 1. The van der Waals surface area contributed by atoms with Crippen LogP contribution in [0, 0.1) is 0 Å². The van der Waals surface area contributed by atoms with Gasteiger partial charge in [0.25, 0.3) is 0 Å². The van der Waals surface area contributed by atoms with Crippen molar-refractivity contribution in [2.75, 3.05) is 53.0 Å². The van der Waals surface area contributed by atoms with Gasteiger partial charge < -0.3 is 24.2 Å². The van der Waals surface area contributed by atoms with Crippen LogP contribution in [-0.2, 0) is 4.74 Å². The molecule has 1 aromatic rings. The summed E-state index contributed by atoms with van der Waals surface area (Å²) in [7, 11) is 1.51. The zero-order valence-electron chi connectivity index (χ0n) is 16.1. The third-order valence-corrected chi connectivity index (χ3v) is 4.37. The van der Waals surface area contributed by atoms with Gasteiger partial charge in [0.1, 0.15) is 12.7 Å². The standard InChI is InChI=1S/C19H28N2O6/c1-4-26-19(24)21-9-7-20(8-10-21)12-16(23)13-27-17-6-5-15(14(2)22)11-18(17)25-3/h5-6,11,16,23H,4,7-10,12-13H2,1-3H3/t16-/m0/s1. The van der Waals surface area contributed by atoms with Gasteiger partial charge in [-0.15, -0.1) is 0 Å². The van der Waals surface area contributed by atoms with Gasteiger partial charge >= 0.3 is 6.09 Å². The second-order valence-electron chi connectivity index (χ2n) is 6.37. The monoisotopic (exact) mass is 380 g/mol. The first-order valence-electron chi connectivity index (χ1n) is 9.08. The summed E-state index contributed by atoms with van der Waals surface area (Å²) in [5, 5.41) is 10.3. The number of β-amino-alcohol motifs (C(OH)–C–C–N with tert-alkyl or cyclic N) is 1. The third-order valence-electron chi connectivity index (χ3n) is 4.37. The summed E-state index contributed by atoms with van der Waals surface area (Å²) in [4.78, 5) is 26.9. The molecule has 1 aliphatic heterocycles. The Bertz CT molecular complexity index is 643. The van der Waals surface area contributed by atoms with Crippen LogP contribution in [0.25, 0.3) is 0 Å². The maximum absolute atomic E-state index is 11.7. The first-order valence-corrected chi connectivity index (χ1v) is 9.08. The summed E-state index contributed by atoms with van der Waals surface area (Å²) in [5.74, 6) is 0.883. The van der Waals surface area contributed by atoms with E-state index in [1.807, 2.05) is 0 Å². The number of hydrogen-bond acceptors (Lipinski definition) is 7. The molecule has 1 N–H and O–H groups in total. The first kappa shape index (κ1) is 21.0. The lowest BCUT2D eigenvalue weighted by Crippen LogP contribution is -2.51. The Morgan fingerprint density at radius 3 is 2.48 bits per heavy atom. The Morgan fingerprint density at radius 2 is 1.89 bits per heavy atom. The maximum atomic E-state index is 11.7. The number of aliphatic hydroxyl groups excluding tert-OH is 1. The molecule has 1 aliphatic rings. The van der Waals surface area contributed by atoms with E-state index in [-0.39, 0.29) is 18.5 Å². The number of methoxy groups -OCH3 is 1. The van der Waals surface area contributed by atoms with E-state index in [1.165, 1.54) is 14.0 Å². The molecule has 0 bridgehead atoms. The second-order valence-corrected chi connectivity index (χ2v) is 6.37. The highest BCUT2D eigenvalue weighted by Gasteiger charge is 2.23. The highest BCUT2D eigenvalue weighted by Crippen LogP contribution is 2.28. The largest absolute Gasteiger partial charge is 0.493 e. The molecule has 0 spiro atoms. The summed E-state index contributed by atoms with van der Waals surface area (Å²) >= 11 is 0. The number of ether oxygens (including phenoxy) is 3. The lowest BCUT2D eigenvalue weighted by Gasteiger charge is -2.34. The van der Waals surface area contributed by atoms with Crippen LogP contribution in [0.2, 0.25) is 0 Å². The molecule has 1 atom stereocenters. The van der Waals surface area contributed by atoms with E-state index in [2.05, 4.69) is 4.90 Å². The minimum absolute atomic E-state index is 0.0538. The van der Waals surface area contributed by atoms with Gasteiger partial charge in [-0.1, -0.05) is 0 Å². The first-order chi connectivity index (χ1) is 12.9. The van der Waals surface area contributed by atoms with Crippen molar-refractivity contribution in [1.29, 1.82) is 0 Å². The van der Waals surface area contributed by atoms with E-state index >= 15 is 0 Å². The van der Waals surface area contributed by atoms with Crippen LogP contribution < -0.4 is 9.47 Å². The summed E-state index contributed by atoms with van der Waals surface area (Å²) < 4.78 is 15.9. The topological polar surface area (TPSA) is 88.5 Å². The van der Waals surface area contributed by atoms with E-state index in [0.29, 0.717) is 56.4 Å². The molecule has 0 unspecified atom stereocenters. The normalized spacial score (nSPS) is 15.9. The molecular formula is C19H28N2O6. The Labute approximate surface area is 159 Å². The molecule has 0 saturated carbocycles. The number of nitrogens with zero attached hydrogens (tertiary/aromatic N) is 2. The van der Waals surface area contributed by atoms with Crippen LogP contribution in [0.3, 0.4) is 0 Å². The van der Waals surface area contributed by atoms with Gasteiger partial charge in [-0.3, -0.25) is 9.69 Å². The van der Waals surface area contributed by atoms with Crippen LogP contribution in [0.15, 0.2) is 18.2 Å². The number of amides is 1. The van der Waals surface area contributed by atoms with E-state index in [1.54, 1.807) is 30.0 Å². The fourth-order valence-corrected chi connectivity index (χ4v) is 2.87. The fraction of sp³-hybridized carbons (Fsp3) is 0.579. The van der Waals surface area contributed by atoms with Crippen molar-refractivity contribution < 1.29 is 28.9 Å². The summed E-state index contributed by atoms with van der Waals surface area (Å²) in [6.45, 7) is 6.69. The van der Waals surface area contributed by atoms with E-state index in [0.717, 1.165) is 0 Å². The smallest absolute Gasteiger partial charge is 0.409 e. The molecular weight excluding hydrogens is 352 g/mol. The van der Waals surface area contributed by atoms with Crippen molar-refractivity contribution in [2.45, 2.75) is 20.0 Å². The number of rotatable bonds is 8. The van der Waals surface area contributed by atoms with Gasteiger partial charge in [0, 0.05) is 38.3 Å². The average molecular weight is 380 g/mol. The Kier molecular flexibility index (Phi) is 7.87. The zero-order chi connectivity index (χ0) is 19.8. The molecule has 0 aliphatic carbocycles. The third kappa shape index (κ3) is 6.11. The Morgan fingerprint density at radius 1 is 1.19 bits per heavy atom. The molecule has 1 saturated heterocycles. The molecule has 1 heterocycles. The minimum atomic E-state index is -0.684. The van der Waals surface area contributed by atoms with Crippen LogP contribution >= 0.6 is 0 Å². The number of benzene rings is 1. The van der Waals surface area contributed by atoms with E-state index < -0.39 is 6.10 Å². The predicted molar refractivity (Wildman–Crippen MR) is 99.5 cm³/mol. The lowest BCUT2D eigenvalue weighted by molar-refractivity contribution is 0.0403. The van der Waals surface area contributed by atoms with Gasteiger partial charge in [-0.2, -0.15) is 0 Å². The zero-order valence-corrected chi connectivity index (χ0v) is 16.1. The molecule has 8 heteroatoms. The molecule has 2 rings (SSSR count). The van der Waals surface area contributed by atoms with Crippen molar-refractivity contribution in [3.8, 4) is 11.5 Å². The summed E-state index contributed by atoms with van der Waals surface area (Å²) in [6.07, 6.45) is -0.974. The molecule has 150 valence electrons. The van der Waals surface area contributed by atoms with Crippen LogP contribution in [0.5, 0.6) is 11.5 Å². The second kappa shape index (κ2) is 10.1. The van der Waals surface area contributed by atoms with Crippen molar-refractivity contribution in [3.05, 3.63) is 23.8 Å². The highest BCUT2D eigenvalue weighted by molar-refractivity contribution is 5.94. The number of carbonyl (C=O) groups excluding carboxylic acids is 2. The van der Waals surface area contributed by atoms with E-state index in [9.17, 15) is 14.7 Å². The molecule has 27 heavy (non-hydrogen) atoms. The van der Waals surface area contributed by atoms with Gasteiger partial charge in [0.2, 0.25) is 0 Å². The SMILES string of the molecule is CCOC(=O)N1CCN(C[C@H](O)COc2ccc(C(C)=O)cc2OC)CC1. The molecule has 0 aromatic heterocycles.